The van der Waals surface area contributed by atoms with E-state index in [2.05, 4.69) is 20.9 Å². The zero-order valence-electron chi connectivity index (χ0n) is 7.44. The van der Waals surface area contributed by atoms with E-state index in [0.717, 1.165) is 15.6 Å². The van der Waals surface area contributed by atoms with Crippen LogP contribution in [0.3, 0.4) is 0 Å². The van der Waals surface area contributed by atoms with Crippen LogP contribution < -0.4 is 5.73 Å². The summed E-state index contributed by atoms with van der Waals surface area (Å²) in [6, 6.07) is 9.89. The lowest BCUT2D eigenvalue weighted by atomic mass is 10.1. The second-order valence-electron chi connectivity index (χ2n) is 2.94. The lowest BCUT2D eigenvalue weighted by Crippen LogP contribution is -1.91. The van der Waals surface area contributed by atoms with Crippen molar-refractivity contribution >= 4 is 21.6 Å². The number of hydrogen-bond acceptors (Lipinski definition) is 2. The first kappa shape index (κ1) is 9.21. The lowest BCUT2D eigenvalue weighted by molar-refractivity contribution is 1.33. The highest BCUT2D eigenvalue weighted by Gasteiger charge is 2.04. The van der Waals surface area contributed by atoms with Gasteiger partial charge in [0.15, 0.2) is 0 Å². The summed E-state index contributed by atoms with van der Waals surface area (Å²) in [7, 11) is 0. The Morgan fingerprint density at radius 3 is 2.57 bits per heavy atom. The molecule has 2 rings (SSSR count). The first-order chi connectivity index (χ1) is 6.79. The number of aromatic nitrogens is 1. The van der Waals surface area contributed by atoms with Crippen LogP contribution in [0.4, 0.5) is 5.69 Å². The van der Waals surface area contributed by atoms with Crippen molar-refractivity contribution in [2.75, 3.05) is 5.73 Å². The number of benzene rings is 1. The maximum absolute atomic E-state index is 5.84. The molecule has 0 aliphatic heterocycles. The van der Waals surface area contributed by atoms with Gasteiger partial charge in [0.05, 0.1) is 11.9 Å². The highest BCUT2D eigenvalue weighted by Crippen LogP contribution is 2.30. The van der Waals surface area contributed by atoms with Gasteiger partial charge in [-0.05, 0) is 17.7 Å². The van der Waals surface area contributed by atoms with E-state index in [1.54, 1.807) is 12.4 Å². The third-order valence-corrected chi connectivity index (χ3v) is 2.71. The van der Waals surface area contributed by atoms with Crippen LogP contribution >= 0.6 is 15.9 Å². The van der Waals surface area contributed by atoms with E-state index in [1.165, 1.54) is 0 Å². The monoisotopic (exact) mass is 248 g/mol. The largest absolute Gasteiger partial charge is 0.397 e. The fourth-order valence-corrected chi connectivity index (χ4v) is 1.83. The van der Waals surface area contributed by atoms with Crippen molar-refractivity contribution in [2.45, 2.75) is 0 Å². The average Bonchev–Trinajstić information content (AvgIpc) is 2.20. The second-order valence-corrected chi connectivity index (χ2v) is 3.80. The predicted molar refractivity (Wildman–Crippen MR) is 61.8 cm³/mol. The van der Waals surface area contributed by atoms with Gasteiger partial charge in [0.1, 0.15) is 0 Å². The van der Waals surface area contributed by atoms with Crippen molar-refractivity contribution in [1.29, 1.82) is 0 Å². The van der Waals surface area contributed by atoms with Crippen LogP contribution in [0, 0.1) is 0 Å². The molecule has 1 aromatic carbocycles. The fourth-order valence-electron chi connectivity index (χ4n) is 1.33. The third kappa shape index (κ3) is 1.63. The van der Waals surface area contributed by atoms with Gasteiger partial charge < -0.3 is 5.73 Å². The Balaban J connectivity index is 2.61. The summed E-state index contributed by atoms with van der Waals surface area (Å²) in [5.74, 6) is 0. The van der Waals surface area contributed by atoms with Gasteiger partial charge in [-0.1, -0.05) is 34.1 Å². The molecular weight excluding hydrogens is 240 g/mol. The minimum atomic E-state index is 0.694. The molecule has 0 aliphatic rings. The van der Waals surface area contributed by atoms with Crippen LogP contribution in [-0.2, 0) is 0 Å². The van der Waals surface area contributed by atoms with Gasteiger partial charge in [0.2, 0.25) is 0 Å². The highest BCUT2D eigenvalue weighted by atomic mass is 79.9. The average molecular weight is 249 g/mol. The molecular formula is C11H9BrN2. The van der Waals surface area contributed by atoms with E-state index in [-0.39, 0.29) is 0 Å². The number of anilines is 1. The lowest BCUT2D eigenvalue weighted by Gasteiger charge is -2.06. The molecule has 2 nitrogen and oxygen atoms in total. The van der Waals surface area contributed by atoms with E-state index in [0.29, 0.717) is 5.69 Å². The van der Waals surface area contributed by atoms with Crippen molar-refractivity contribution < 1.29 is 0 Å². The molecule has 0 unspecified atom stereocenters. The Kier molecular flexibility index (Phi) is 2.50. The van der Waals surface area contributed by atoms with Gasteiger partial charge in [-0.2, -0.15) is 0 Å². The number of halogens is 1. The van der Waals surface area contributed by atoms with Crippen LogP contribution in [0.15, 0.2) is 47.2 Å². The fraction of sp³-hybridized carbons (Fsp3) is 0. The number of nitrogens with zero attached hydrogens (tertiary/aromatic N) is 1. The molecule has 0 aliphatic carbocycles. The van der Waals surface area contributed by atoms with E-state index in [4.69, 9.17) is 5.73 Å². The number of pyridine rings is 1. The highest BCUT2D eigenvalue weighted by molar-refractivity contribution is 9.10. The third-order valence-electron chi connectivity index (χ3n) is 2.02. The minimum absolute atomic E-state index is 0.694. The zero-order valence-corrected chi connectivity index (χ0v) is 9.03. The van der Waals surface area contributed by atoms with Crippen LogP contribution in [0.1, 0.15) is 0 Å². The number of hydrogen-bond donors (Lipinski definition) is 1. The summed E-state index contributed by atoms with van der Waals surface area (Å²) in [4.78, 5) is 3.96. The summed E-state index contributed by atoms with van der Waals surface area (Å²) in [5, 5.41) is 0. The molecule has 2 N–H and O–H groups in total. The molecule has 0 fully saturated rings. The molecule has 14 heavy (non-hydrogen) atoms. The smallest absolute Gasteiger partial charge is 0.0580 e. The Morgan fingerprint density at radius 2 is 1.86 bits per heavy atom. The van der Waals surface area contributed by atoms with Gasteiger partial charge in [-0.25, -0.2) is 0 Å². The van der Waals surface area contributed by atoms with Crippen molar-refractivity contribution in [3.05, 3.63) is 47.2 Å². The molecule has 70 valence electrons. The van der Waals surface area contributed by atoms with E-state index < -0.39 is 0 Å². The quantitative estimate of drug-likeness (QED) is 0.843. The Bertz CT molecular complexity index is 411. The van der Waals surface area contributed by atoms with E-state index in [1.807, 2.05) is 30.3 Å². The molecule has 0 amide bonds. The molecule has 0 bridgehead atoms. The summed E-state index contributed by atoms with van der Waals surface area (Å²) in [6.07, 6.45) is 3.40. The predicted octanol–water partition coefficient (Wildman–Crippen LogP) is 3.09. The van der Waals surface area contributed by atoms with Gasteiger partial charge >= 0.3 is 0 Å². The molecule has 0 saturated carbocycles. The molecule has 0 radical (unpaired) electrons. The van der Waals surface area contributed by atoms with Crippen molar-refractivity contribution in [3.63, 3.8) is 0 Å². The standard InChI is InChI=1S/C11H9BrN2/c12-10-4-2-1-3-8(10)9-5-6-14-7-11(9)13/h1-7H,13H2. The minimum Gasteiger partial charge on any atom is -0.397 e. The molecule has 0 saturated heterocycles. The van der Waals surface area contributed by atoms with Crippen LogP contribution in [0.5, 0.6) is 0 Å². The SMILES string of the molecule is Nc1cnccc1-c1ccccc1Br. The normalized spacial score (nSPS) is 10.1. The molecule has 3 heteroatoms. The van der Waals surface area contributed by atoms with Crippen molar-refractivity contribution in [2.24, 2.45) is 0 Å². The Morgan fingerprint density at radius 1 is 1.07 bits per heavy atom. The molecule has 1 heterocycles. The molecule has 0 atom stereocenters. The van der Waals surface area contributed by atoms with Gasteiger partial charge in [-0.15, -0.1) is 0 Å². The van der Waals surface area contributed by atoms with Gasteiger partial charge in [-0.3, -0.25) is 4.98 Å². The maximum atomic E-state index is 5.84. The Labute approximate surface area is 90.9 Å². The second kappa shape index (κ2) is 3.80. The number of nitrogen functional groups attached to an aromatic ring is 1. The maximum Gasteiger partial charge on any atom is 0.0580 e. The summed E-state index contributed by atoms with van der Waals surface area (Å²) < 4.78 is 1.04. The summed E-state index contributed by atoms with van der Waals surface area (Å²) in [5.41, 5.74) is 8.63. The number of nitrogens with two attached hydrogens (primary N) is 1. The number of rotatable bonds is 1. The summed E-state index contributed by atoms with van der Waals surface area (Å²) >= 11 is 3.49. The van der Waals surface area contributed by atoms with Crippen molar-refractivity contribution in [3.8, 4) is 11.1 Å². The Hall–Kier alpha value is -1.35. The van der Waals surface area contributed by atoms with Crippen LogP contribution in [0.25, 0.3) is 11.1 Å². The van der Waals surface area contributed by atoms with Crippen LogP contribution in [0.2, 0.25) is 0 Å². The zero-order chi connectivity index (χ0) is 9.97. The van der Waals surface area contributed by atoms with Gasteiger partial charge in [0, 0.05) is 16.2 Å². The first-order valence-electron chi connectivity index (χ1n) is 4.23. The van der Waals surface area contributed by atoms with E-state index >= 15 is 0 Å². The van der Waals surface area contributed by atoms with E-state index in [9.17, 15) is 0 Å². The molecule has 0 spiro atoms. The topological polar surface area (TPSA) is 38.9 Å². The van der Waals surface area contributed by atoms with Crippen molar-refractivity contribution in [1.82, 2.24) is 4.98 Å². The van der Waals surface area contributed by atoms with Crippen LogP contribution in [-0.4, -0.2) is 4.98 Å². The molecule has 2 aromatic rings. The first-order valence-corrected chi connectivity index (χ1v) is 5.03. The summed E-state index contributed by atoms with van der Waals surface area (Å²) in [6.45, 7) is 0. The molecule has 1 aromatic heterocycles. The van der Waals surface area contributed by atoms with Gasteiger partial charge in [0.25, 0.3) is 0 Å².